The second kappa shape index (κ2) is 9.23. The van der Waals surface area contributed by atoms with Gasteiger partial charge in [0, 0.05) is 32.2 Å². The van der Waals surface area contributed by atoms with Crippen molar-refractivity contribution in [3.63, 3.8) is 0 Å². The van der Waals surface area contributed by atoms with Crippen LogP contribution in [0.1, 0.15) is 42.9 Å². The van der Waals surface area contributed by atoms with E-state index in [-0.39, 0.29) is 18.0 Å². The van der Waals surface area contributed by atoms with Crippen molar-refractivity contribution in [1.82, 2.24) is 15.1 Å². The Kier molecular flexibility index (Phi) is 6.25. The van der Waals surface area contributed by atoms with E-state index in [4.69, 9.17) is 0 Å². The second-order valence-electron chi connectivity index (χ2n) is 8.01. The number of hydrogen-bond acceptors (Lipinski definition) is 3. The van der Waals surface area contributed by atoms with Crippen molar-refractivity contribution >= 4 is 11.8 Å². The normalized spacial score (nSPS) is 18.2. The van der Waals surface area contributed by atoms with Crippen LogP contribution in [0, 0.1) is 0 Å². The maximum Gasteiger partial charge on any atom is 0.311 e. The van der Waals surface area contributed by atoms with Crippen LogP contribution in [0.4, 0.5) is 0 Å². The molecule has 1 saturated carbocycles. The van der Waals surface area contributed by atoms with Crippen LogP contribution in [0.2, 0.25) is 0 Å². The van der Waals surface area contributed by atoms with Crippen LogP contribution in [0.15, 0.2) is 60.7 Å². The van der Waals surface area contributed by atoms with Crippen LogP contribution in [0.3, 0.4) is 0 Å². The minimum absolute atomic E-state index is 0.155. The van der Waals surface area contributed by atoms with Crippen molar-refractivity contribution < 1.29 is 9.59 Å². The zero-order valence-corrected chi connectivity index (χ0v) is 16.8. The molecule has 1 saturated heterocycles. The smallest absolute Gasteiger partial charge is 0.311 e. The van der Waals surface area contributed by atoms with E-state index in [1.54, 1.807) is 4.90 Å². The summed E-state index contributed by atoms with van der Waals surface area (Å²) in [5, 5.41) is 2.92. The molecule has 1 heterocycles. The summed E-state index contributed by atoms with van der Waals surface area (Å²) >= 11 is 0. The number of rotatable bonds is 4. The number of benzene rings is 2. The Morgan fingerprint density at radius 2 is 1.31 bits per heavy atom. The van der Waals surface area contributed by atoms with E-state index in [0.717, 1.165) is 38.8 Å². The number of piperazine rings is 1. The highest BCUT2D eigenvalue weighted by Gasteiger charge is 2.31. The van der Waals surface area contributed by atoms with Crippen molar-refractivity contribution in [1.29, 1.82) is 0 Å². The Balaban J connectivity index is 1.41. The Labute approximate surface area is 172 Å². The van der Waals surface area contributed by atoms with E-state index in [2.05, 4.69) is 58.7 Å². The third-order valence-electron chi connectivity index (χ3n) is 6.08. The summed E-state index contributed by atoms with van der Waals surface area (Å²) in [6.07, 6.45) is 4.25. The third-order valence-corrected chi connectivity index (χ3v) is 6.08. The van der Waals surface area contributed by atoms with Gasteiger partial charge in [-0.1, -0.05) is 73.5 Å². The van der Waals surface area contributed by atoms with Crippen LogP contribution in [0.5, 0.6) is 0 Å². The molecular formula is C24H29N3O2. The molecule has 2 aromatic carbocycles. The Morgan fingerprint density at radius 1 is 0.793 bits per heavy atom. The predicted octanol–water partition coefficient (Wildman–Crippen LogP) is 2.98. The third kappa shape index (κ3) is 4.67. The molecule has 0 atom stereocenters. The average Bonchev–Trinajstić information content (AvgIpc) is 3.28. The molecule has 0 radical (unpaired) electrons. The molecule has 5 heteroatoms. The first-order valence-electron chi connectivity index (χ1n) is 10.7. The molecule has 2 aromatic rings. The SMILES string of the molecule is O=C(NC1CCCC1)C(=O)N1CCN(C(c2ccccc2)c2ccccc2)CC1. The monoisotopic (exact) mass is 391 g/mol. The average molecular weight is 392 g/mol. The summed E-state index contributed by atoms with van der Waals surface area (Å²) in [5.41, 5.74) is 2.50. The lowest BCUT2D eigenvalue weighted by molar-refractivity contribution is -0.147. The lowest BCUT2D eigenvalue weighted by Crippen LogP contribution is -2.54. The summed E-state index contributed by atoms with van der Waals surface area (Å²) in [6, 6.07) is 21.3. The molecule has 5 nitrogen and oxygen atoms in total. The molecule has 2 amide bonds. The highest BCUT2D eigenvalue weighted by molar-refractivity contribution is 6.35. The van der Waals surface area contributed by atoms with Gasteiger partial charge in [-0.3, -0.25) is 14.5 Å². The molecular weight excluding hydrogens is 362 g/mol. The largest absolute Gasteiger partial charge is 0.345 e. The molecule has 1 aliphatic heterocycles. The van der Waals surface area contributed by atoms with Crippen LogP contribution in [-0.4, -0.2) is 53.8 Å². The van der Waals surface area contributed by atoms with Gasteiger partial charge in [0.15, 0.2) is 0 Å². The molecule has 2 aliphatic rings. The molecule has 1 N–H and O–H groups in total. The Bertz CT molecular complexity index is 771. The zero-order chi connectivity index (χ0) is 20.1. The van der Waals surface area contributed by atoms with E-state index in [1.165, 1.54) is 11.1 Å². The topological polar surface area (TPSA) is 52.7 Å². The number of amides is 2. The second-order valence-corrected chi connectivity index (χ2v) is 8.01. The van der Waals surface area contributed by atoms with Crippen LogP contribution in [0.25, 0.3) is 0 Å². The summed E-state index contributed by atoms with van der Waals surface area (Å²) < 4.78 is 0. The first-order chi connectivity index (χ1) is 14.2. The number of nitrogens with one attached hydrogen (secondary N) is 1. The number of carbonyl (C=O) groups is 2. The molecule has 152 valence electrons. The summed E-state index contributed by atoms with van der Waals surface area (Å²) in [4.78, 5) is 29.0. The molecule has 0 unspecified atom stereocenters. The van der Waals surface area contributed by atoms with Crippen LogP contribution >= 0.6 is 0 Å². The summed E-state index contributed by atoms with van der Waals surface area (Å²) in [6.45, 7) is 2.65. The van der Waals surface area contributed by atoms with Gasteiger partial charge in [0.2, 0.25) is 0 Å². The molecule has 0 aromatic heterocycles. The molecule has 0 bridgehead atoms. The first kappa shape index (κ1) is 19.6. The first-order valence-corrected chi connectivity index (χ1v) is 10.7. The minimum Gasteiger partial charge on any atom is -0.345 e. The van der Waals surface area contributed by atoms with Crippen molar-refractivity contribution in [2.75, 3.05) is 26.2 Å². The van der Waals surface area contributed by atoms with Gasteiger partial charge in [-0.05, 0) is 24.0 Å². The Hall–Kier alpha value is -2.66. The van der Waals surface area contributed by atoms with Gasteiger partial charge in [0.05, 0.1) is 6.04 Å². The van der Waals surface area contributed by atoms with Gasteiger partial charge in [-0.15, -0.1) is 0 Å². The van der Waals surface area contributed by atoms with Gasteiger partial charge >= 0.3 is 11.8 Å². The maximum absolute atomic E-state index is 12.6. The van der Waals surface area contributed by atoms with Crippen LogP contribution in [-0.2, 0) is 9.59 Å². The van der Waals surface area contributed by atoms with E-state index < -0.39 is 5.91 Å². The fourth-order valence-corrected chi connectivity index (χ4v) is 4.53. The molecule has 1 aliphatic carbocycles. The molecule has 4 rings (SSSR count). The van der Waals surface area contributed by atoms with Gasteiger partial charge < -0.3 is 10.2 Å². The summed E-state index contributed by atoms with van der Waals surface area (Å²) in [7, 11) is 0. The highest BCUT2D eigenvalue weighted by Crippen LogP contribution is 2.29. The van der Waals surface area contributed by atoms with Crippen LogP contribution < -0.4 is 5.32 Å². The fourth-order valence-electron chi connectivity index (χ4n) is 4.53. The lowest BCUT2D eigenvalue weighted by Gasteiger charge is -2.39. The molecule has 29 heavy (non-hydrogen) atoms. The Morgan fingerprint density at radius 3 is 1.83 bits per heavy atom. The zero-order valence-electron chi connectivity index (χ0n) is 16.8. The molecule has 0 spiro atoms. The number of carbonyl (C=O) groups excluding carboxylic acids is 2. The van der Waals surface area contributed by atoms with Gasteiger partial charge in [-0.25, -0.2) is 0 Å². The van der Waals surface area contributed by atoms with E-state index >= 15 is 0 Å². The number of nitrogens with zero attached hydrogens (tertiary/aromatic N) is 2. The lowest BCUT2D eigenvalue weighted by atomic mass is 9.96. The van der Waals surface area contributed by atoms with Gasteiger partial charge in [0.25, 0.3) is 0 Å². The quantitative estimate of drug-likeness (QED) is 0.816. The maximum atomic E-state index is 12.6. The fraction of sp³-hybridized carbons (Fsp3) is 0.417. The van der Waals surface area contributed by atoms with Crippen molar-refractivity contribution in [2.24, 2.45) is 0 Å². The van der Waals surface area contributed by atoms with Gasteiger partial charge in [-0.2, -0.15) is 0 Å². The van der Waals surface area contributed by atoms with E-state index in [9.17, 15) is 9.59 Å². The van der Waals surface area contributed by atoms with Crippen molar-refractivity contribution in [2.45, 2.75) is 37.8 Å². The number of hydrogen-bond donors (Lipinski definition) is 1. The molecule has 2 fully saturated rings. The van der Waals surface area contributed by atoms with E-state index in [1.807, 2.05) is 12.1 Å². The standard InChI is InChI=1S/C24H29N3O2/c28-23(25-21-13-7-8-14-21)24(29)27-17-15-26(16-18-27)22(19-9-3-1-4-10-19)20-11-5-2-6-12-20/h1-6,9-12,21-22H,7-8,13-18H2,(H,25,28). The summed E-state index contributed by atoms with van der Waals surface area (Å²) in [5.74, 6) is -0.819. The van der Waals surface area contributed by atoms with Crippen molar-refractivity contribution in [3.8, 4) is 0 Å². The van der Waals surface area contributed by atoms with E-state index in [0.29, 0.717) is 13.1 Å². The van der Waals surface area contributed by atoms with Crippen molar-refractivity contribution in [3.05, 3.63) is 71.8 Å². The predicted molar refractivity (Wildman–Crippen MR) is 113 cm³/mol. The minimum atomic E-state index is -0.437. The highest BCUT2D eigenvalue weighted by atomic mass is 16.2. The van der Waals surface area contributed by atoms with Gasteiger partial charge in [0.1, 0.15) is 0 Å².